The van der Waals surface area contributed by atoms with Gasteiger partial charge in [-0.2, -0.15) is 0 Å². The molecule has 0 aliphatic carbocycles. The zero-order chi connectivity index (χ0) is 28.1. The van der Waals surface area contributed by atoms with Crippen LogP contribution in [0.1, 0.15) is 22.6 Å². The van der Waals surface area contributed by atoms with Gasteiger partial charge in [-0.05, 0) is 42.3 Å². The van der Waals surface area contributed by atoms with Crippen LogP contribution in [-0.4, -0.2) is 40.7 Å². The lowest BCUT2D eigenvalue weighted by Crippen LogP contribution is -2.22. The molecule has 2 heterocycles. The van der Waals surface area contributed by atoms with Gasteiger partial charge < -0.3 is 37.6 Å². The molecule has 0 spiro atoms. The molecule has 1 atom stereocenters. The van der Waals surface area contributed by atoms with Gasteiger partial charge in [-0.25, -0.2) is 9.59 Å². The van der Waals surface area contributed by atoms with E-state index in [1.54, 1.807) is 36.4 Å². The first-order chi connectivity index (χ1) is 18.8. The van der Waals surface area contributed by atoms with Gasteiger partial charge in [-0.3, -0.25) is 0 Å². The summed E-state index contributed by atoms with van der Waals surface area (Å²) in [6.45, 7) is 0. The van der Waals surface area contributed by atoms with Crippen molar-refractivity contribution in [2.75, 3.05) is 35.5 Å². The summed E-state index contributed by atoms with van der Waals surface area (Å²) in [5.41, 5.74) is -0.481. The van der Waals surface area contributed by atoms with Crippen LogP contribution < -0.4 is 34.9 Å². The maximum Gasteiger partial charge on any atom is 0.343 e. The lowest BCUT2D eigenvalue weighted by molar-refractivity contribution is 0.354. The summed E-state index contributed by atoms with van der Waals surface area (Å²) in [6, 6.07) is 12.9. The van der Waals surface area contributed by atoms with Crippen LogP contribution in [-0.2, 0) is 6.42 Å². The Bertz CT molecular complexity index is 1580. The number of benzene rings is 2. The molecule has 1 N–H and O–H groups in total. The quantitative estimate of drug-likeness (QED) is 0.312. The largest absolute Gasteiger partial charge is 0.507 e. The fourth-order valence-corrected chi connectivity index (χ4v) is 4.44. The van der Waals surface area contributed by atoms with Crippen LogP contribution in [0, 0.1) is 0 Å². The van der Waals surface area contributed by atoms with Crippen molar-refractivity contribution >= 4 is 0 Å². The molecule has 0 saturated carbocycles. The van der Waals surface area contributed by atoms with E-state index in [2.05, 4.69) is 0 Å². The average Bonchev–Trinajstić information content (AvgIpc) is 2.95. The fraction of sp³-hybridized carbons (Fsp3) is 0.241. The van der Waals surface area contributed by atoms with E-state index in [1.807, 2.05) is 0 Å². The normalized spacial score (nSPS) is 11.5. The maximum atomic E-state index is 13.5. The standard InChI is InChI=1S/C29H28O10/c1-33-20-8-6-16(13-24(20)36-4)12-18(27-22(35-3)10-11-38-28(27)31)26-19(30)15-23(39-29(26)32)17-7-9-21(34-2)25(14-17)37-5/h6-11,13-15,18,30H,12H2,1-5H3. The lowest BCUT2D eigenvalue weighted by Gasteiger charge is -2.20. The van der Waals surface area contributed by atoms with Crippen LogP contribution in [0.2, 0.25) is 0 Å². The molecule has 0 fully saturated rings. The minimum absolute atomic E-state index is 0.0521. The smallest absolute Gasteiger partial charge is 0.343 e. The van der Waals surface area contributed by atoms with Gasteiger partial charge in [0.15, 0.2) is 23.0 Å². The van der Waals surface area contributed by atoms with Gasteiger partial charge in [-0.1, -0.05) is 6.07 Å². The molecule has 0 aliphatic rings. The fourth-order valence-electron chi connectivity index (χ4n) is 4.44. The number of aromatic hydroxyl groups is 1. The molecule has 0 radical (unpaired) electrons. The molecule has 204 valence electrons. The second kappa shape index (κ2) is 11.7. The minimum atomic E-state index is -0.994. The summed E-state index contributed by atoms with van der Waals surface area (Å²) in [5, 5.41) is 11.2. The molecule has 0 bridgehead atoms. The summed E-state index contributed by atoms with van der Waals surface area (Å²) < 4.78 is 37.5. The summed E-state index contributed by atoms with van der Waals surface area (Å²) in [6.07, 6.45) is 1.29. The Labute approximate surface area is 223 Å². The Morgan fingerprint density at radius 3 is 1.92 bits per heavy atom. The van der Waals surface area contributed by atoms with Gasteiger partial charge in [0.1, 0.15) is 17.3 Å². The number of hydrogen-bond acceptors (Lipinski definition) is 10. The molecule has 0 amide bonds. The predicted molar refractivity (Wildman–Crippen MR) is 142 cm³/mol. The molecule has 0 aliphatic heterocycles. The number of ether oxygens (including phenoxy) is 5. The average molecular weight is 537 g/mol. The highest BCUT2D eigenvalue weighted by molar-refractivity contribution is 5.64. The number of hydrogen-bond donors (Lipinski definition) is 1. The van der Waals surface area contributed by atoms with E-state index in [-0.39, 0.29) is 34.8 Å². The Hall–Kier alpha value is -4.86. The van der Waals surface area contributed by atoms with Crippen LogP contribution in [0.4, 0.5) is 0 Å². The van der Waals surface area contributed by atoms with E-state index in [0.717, 1.165) is 0 Å². The third kappa shape index (κ3) is 5.40. The Kier molecular flexibility index (Phi) is 8.14. The number of rotatable bonds is 10. The first-order valence-electron chi connectivity index (χ1n) is 11.8. The van der Waals surface area contributed by atoms with E-state index < -0.39 is 17.2 Å². The third-order valence-corrected chi connectivity index (χ3v) is 6.32. The van der Waals surface area contributed by atoms with Crippen molar-refractivity contribution in [2.45, 2.75) is 12.3 Å². The van der Waals surface area contributed by atoms with Crippen LogP contribution in [0.25, 0.3) is 11.3 Å². The summed E-state index contributed by atoms with van der Waals surface area (Å²) in [5.74, 6) is 0.801. The molecular weight excluding hydrogens is 508 g/mol. The molecule has 0 saturated heterocycles. The molecule has 4 aromatic rings. The molecule has 2 aromatic carbocycles. The van der Waals surface area contributed by atoms with E-state index in [0.29, 0.717) is 34.1 Å². The van der Waals surface area contributed by atoms with Crippen molar-refractivity contribution in [3.05, 3.63) is 92.3 Å². The molecule has 1 unspecified atom stereocenters. The Balaban J connectivity index is 1.88. The van der Waals surface area contributed by atoms with E-state index in [4.69, 9.17) is 32.5 Å². The van der Waals surface area contributed by atoms with Crippen molar-refractivity contribution in [1.82, 2.24) is 0 Å². The predicted octanol–water partition coefficient (Wildman–Crippen LogP) is 4.38. The van der Waals surface area contributed by atoms with E-state index in [9.17, 15) is 14.7 Å². The van der Waals surface area contributed by atoms with Crippen LogP contribution >= 0.6 is 0 Å². The zero-order valence-electron chi connectivity index (χ0n) is 22.1. The number of methoxy groups -OCH3 is 5. The van der Waals surface area contributed by atoms with Crippen molar-refractivity contribution in [1.29, 1.82) is 0 Å². The van der Waals surface area contributed by atoms with Gasteiger partial charge in [-0.15, -0.1) is 0 Å². The second-order valence-corrected chi connectivity index (χ2v) is 8.40. The molecule has 2 aromatic heterocycles. The lowest BCUT2D eigenvalue weighted by atomic mass is 9.86. The Morgan fingerprint density at radius 2 is 1.31 bits per heavy atom. The second-order valence-electron chi connectivity index (χ2n) is 8.40. The van der Waals surface area contributed by atoms with Crippen LogP contribution in [0.5, 0.6) is 34.5 Å². The van der Waals surface area contributed by atoms with Crippen LogP contribution in [0.3, 0.4) is 0 Å². The highest BCUT2D eigenvalue weighted by Gasteiger charge is 2.30. The molecule has 10 nitrogen and oxygen atoms in total. The molecule has 10 heteroatoms. The topological polar surface area (TPSA) is 127 Å². The van der Waals surface area contributed by atoms with Gasteiger partial charge in [0, 0.05) is 23.6 Å². The Morgan fingerprint density at radius 1 is 0.692 bits per heavy atom. The maximum absolute atomic E-state index is 13.5. The van der Waals surface area contributed by atoms with Crippen molar-refractivity contribution in [3.63, 3.8) is 0 Å². The van der Waals surface area contributed by atoms with Gasteiger partial charge in [0.05, 0.1) is 52.9 Å². The third-order valence-electron chi connectivity index (χ3n) is 6.32. The van der Waals surface area contributed by atoms with E-state index >= 15 is 0 Å². The van der Waals surface area contributed by atoms with Gasteiger partial charge in [0.2, 0.25) is 0 Å². The zero-order valence-corrected chi connectivity index (χ0v) is 22.1. The van der Waals surface area contributed by atoms with Crippen LogP contribution in [0.15, 0.2) is 73.2 Å². The van der Waals surface area contributed by atoms with Crippen molar-refractivity contribution < 1.29 is 37.6 Å². The van der Waals surface area contributed by atoms with Gasteiger partial charge in [0.25, 0.3) is 0 Å². The van der Waals surface area contributed by atoms with Gasteiger partial charge >= 0.3 is 11.3 Å². The summed E-state index contributed by atoms with van der Waals surface area (Å²) >= 11 is 0. The molecule has 39 heavy (non-hydrogen) atoms. The van der Waals surface area contributed by atoms with Crippen molar-refractivity contribution in [3.8, 4) is 45.8 Å². The SMILES string of the molecule is COc1ccc(CC(c2c(O)cc(-c3ccc(OC)c(OC)c3)oc2=O)c2c(OC)ccoc2=O)cc1OC. The minimum Gasteiger partial charge on any atom is -0.507 e. The summed E-state index contributed by atoms with van der Waals surface area (Å²) in [4.78, 5) is 26.4. The highest BCUT2D eigenvalue weighted by atomic mass is 16.5. The first kappa shape index (κ1) is 27.2. The molecular formula is C29H28O10. The summed E-state index contributed by atoms with van der Waals surface area (Å²) in [7, 11) is 7.40. The highest BCUT2D eigenvalue weighted by Crippen LogP contribution is 2.39. The van der Waals surface area contributed by atoms with E-state index in [1.165, 1.54) is 53.9 Å². The van der Waals surface area contributed by atoms with Crippen molar-refractivity contribution in [2.24, 2.45) is 0 Å². The molecule has 4 rings (SSSR count). The first-order valence-corrected chi connectivity index (χ1v) is 11.8. The monoisotopic (exact) mass is 536 g/mol.